The van der Waals surface area contributed by atoms with Crippen molar-refractivity contribution in [2.45, 2.75) is 18.7 Å². The predicted molar refractivity (Wildman–Crippen MR) is 85.5 cm³/mol. The first-order valence-electron chi connectivity index (χ1n) is 6.88. The van der Waals surface area contributed by atoms with Gasteiger partial charge in [0.1, 0.15) is 11.4 Å². The predicted octanol–water partition coefficient (Wildman–Crippen LogP) is 2.45. The smallest absolute Gasteiger partial charge is 0.266 e. The van der Waals surface area contributed by atoms with Crippen LogP contribution in [0, 0.1) is 13.8 Å². The van der Waals surface area contributed by atoms with Crippen molar-refractivity contribution in [1.29, 1.82) is 0 Å². The summed E-state index contributed by atoms with van der Waals surface area (Å²) < 4.78 is 27.0. The van der Waals surface area contributed by atoms with Crippen LogP contribution < -0.4 is 9.62 Å². The first-order chi connectivity index (χ1) is 10.4. The van der Waals surface area contributed by atoms with Gasteiger partial charge in [0.25, 0.3) is 10.0 Å². The maximum absolute atomic E-state index is 12.9. The summed E-state index contributed by atoms with van der Waals surface area (Å²) in [4.78, 5) is 12.2. The minimum atomic E-state index is -3.78. The fraction of sp³-hybridized carbons (Fsp3) is 0.188. The molecule has 0 aliphatic carbocycles. The number of fused-ring (bicyclic) bond motifs is 1. The molecule has 1 heterocycles. The van der Waals surface area contributed by atoms with Crippen molar-refractivity contribution in [2.24, 2.45) is 0 Å². The molecule has 0 fully saturated rings. The molecular weight excluding hydrogens is 300 g/mol. The minimum Gasteiger partial charge on any atom is -0.323 e. The van der Waals surface area contributed by atoms with Gasteiger partial charge >= 0.3 is 0 Å². The number of rotatable bonds is 1. The largest absolute Gasteiger partial charge is 0.323 e. The monoisotopic (exact) mass is 316 g/mol. The van der Waals surface area contributed by atoms with Gasteiger partial charge in [-0.25, -0.2) is 8.42 Å². The molecule has 22 heavy (non-hydrogen) atoms. The Balaban J connectivity index is 2.19. The molecule has 5 nitrogen and oxygen atoms in total. The van der Waals surface area contributed by atoms with Crippen LogP contribution >= 0.6 is 0 Å². The lowest BCUT2D eigenvalue weighted by atomic mass is 10.1. The van der Waals surface area contributed by atoms with Crippen molar-refractivity contribution < 1.29 is 13.2 Å². The number of nitrogens with one attached hydrogen (secondary N) is 1. The normalized spacial score (nSPS) is 16.6. The molecule has 0 spiro atoms. The molecule has 0 aromatic heterocycles. The Hall–Kier alpha value is -2.34. The molecule has 0 radical (unpaired) electrons. The molecule has 1 aliphatic heterocycles. The van der Waals surface area contributed by atoms with Crippen molar-refractivity contribution in [3.63, 3.8) is 0 Å². The molecule has 0 saturated carbocycles. The quantitative estimate of drug-likeness (QED) is 0.879. The zero-order valence-corrected chi connectivity index (χ0v) is 13.1. The Labute approximate surface area is 129 Å². The van der Waals surface area contributed by atoms with E-state index in [0.29, 0.717) is 11.4 Å². The highest BCUT2D eigenvalue weighted by Gasteiger charge is 2.32. The average Bonchev–Trinajstić information content (AvgIpc) is 2.57. The Morgan fingerprint density at radius 3 is 2.50 bits per heavy atom. The molecule has 0 unspecified atom stereocenters. The van der Waals surface area contributed by atoms with Gasteiger partial charge in [0, 0.05) is 0 Å². The lowest BCUT2D eigenvalue weighted by Crippen LogP contribution is -2.35. The van der Waals surface area contributed by atoms with Gasteiger partial charge in [-0.1, -0.05) is 18.2 Å². The summed E-state index contributed by atoms with van der Waals surface area (Å²) in [6, 6.07) is 11.8. The number of carbonyl (C=O) groups excluding carboxylic acids is 1. The van der Waals surface area contributed by atoms with Crippen molar-refractivity contribution >= 4 is 27.3 Å². The number of benzene rings is 2. The van der Waals surface area contributed by atoms with Crippen LogP contribution in [0.15, 0.2) is 47.4 Å². The number of aryl methyl sites for hydroxylation is 2. The summed E-state index contributed by atoms with van der Waals surface area (Å²) in [6.45, 7) is 3.63. The molecule has 6 heteroatoms. The highest BCUT2D eigenvalue weighted by Crippen LogP contribution is 2.31. The SMILES string of the molecule is Cc1ccc(N2CC(=O)Nc3ccccc3S2(=O)=O)cc1C. The Bertz CT molecular complexity index is 859. The number of sulfonamides is 1. The van der Waals surface area contributed by atoms with E-state index >= 15 is 0 Å². The van der Waals surface area contributed by atoms with Gasteiger partial charge in [0.05, 0.1) is 11.4 Å². The highest BCUT2D eigenvalue weighted by atomic mass is 32.2. The molecule has 2 aromatic rings. The van der Waals surface area contributed by atoms with E-state index in [2.05, 4.69) is 5.32 Å². The number of nitrogens with zero attached hydrogens (tertiary/aromatic N) is 1. The minimum absolute atomic E-state index is 0.110. The fourth-order valence-corrected chi connectivity index (χ4v) is 3.99. The van der Waals surface area contributed by atoms with Crippen LogP contribution in [0.25, 0.3) is 0 Å². The van der Waals surface area contributed by atoms with Crippen molar-refractivity contribution in [1.82, 2.24) is 0 Å². The summed E-state index contributed by atoms with van der Waals surface area (Å²) in [5.74, 6) is -0.355. The molecule has 1 amide bonds. The molecule has 1 N–H and O–H groups in total. The van der Waals surface area contributed by atoms with Crippen molar-refractivity contribution in [2.75, 3.05) is 16.2 Å². The number of carbonyl (C=O) groups is 1. The van der Waals surface area contributed by atoms with E-state index in [-0.39, 0.29) is 17.3 Å². The molecule has 0 bridgehead atoms. The van der Waals surface area contributed by atoms with E-state index in [1.165, 1.54) is 6.07 Å². The standard InChI is InChI=1S/C16H16N2O3S/c1-11-7-8-13(9-12(11)2)18-10-16(19)17-14-5-3-4-6-15(14)22(18,20)21/h3-9H,10H2,1-2H3,(H,17,19). The van der Waals surface area contributed by atoms with E-state index in [0.717, 1.165) is 15.4 Å². The highest BCUT2D eigenvalue weighted by molar-refractivity contribution is 7.93. The second-order valence-electron chi connectivity index (χ2n) is 5.32. The second kappa shape index (κ2) is 5.14. The maximum Gasteiger partial charge on any atom is 0.266 e. The van der Waals surface area contributed by atoms with Gasteiger partial charge in [-0.05, 0) is 49.2 Å². The zero-order valence-electron chi connectivity index (χ0n) is 12.3. The third kappa shape index (κ3) is 2.35. The summed E-state index contributed by atoms with van der Waals surface area (Å²) >= 11 is 0. The number of para-hydroxylation sites is 1. The Kier molecular flexibility index (Phi) is 3.41. The van der Waals surface area contributed by atoms with Gasteiger partial charge in [-0.2, -0.15) is 0 Å². The average molecular weight is 316 g/mol. The molecule has 0 atom stereocenters. The molecular formula is C16H16N2O3S. The first-order valence-corrected chi connectivity index (χ1v) is 8.32. The molecule has 114 valence electrons. The van der Waals surface area contributed by atoms with Crippen molar-refractivity contribution in [3.8, 4) is 0 Å². The topological polar surface area (TPSA) is 66.5 Å². The summed E-state index contributed by atoms with van der Waals surface area (Å²) in [5.41, 5.74) is 2.86. The van der Waals surface area contributed by atoms with Gasteiger partial charge in [0.15, 0.2) is 0 Å². The number of hydrogen-bond acceptors (Lipinski definition) is 3. The van der Waals surface area contributed by atoms with Gasteiger partial charge < -0.3 is 5.32 Å². The van der Waals surface area contributed by atoms with E-state index in [9.17, 15) is 13.2 Å². The number of hydrogen-bond donors (Lipinski definition) is 1. The first kappa shape index (κ1) is 14.6. The second-order valence-corrected chi connectivity index (χ2v) is 7.16. The summed E-state index contributed by atoms with van der Waals surface area (Å²) in [6.07, 6.45) is 0. The molecule has 2 aromatic carbocycles. The van der Waals surface area contributed by atoms with Crippen molar-refractivity contribution in [3.05, 3.63) is 53.6 Å². The lowest BCUT2D eigenvalue weighted by molar-refractivity contribution is -0.114. The molecule has 3 rings (SSSR count). The molecule has 1 aliphatic rings. The van der Waals surface area contributed by atoms with Gasteiger partial charge in [0.2, 0.25) is 5.91 Å². The van der Waals surface area contributed by atoms with Gasteiger partial charge in [-0.3, -0.25) is 9.10 Å². The van der Waals surface area contributed by atoms with Crippen LogP contribution in [0.3, 0.4) is 0 Å². The summed E-state index contributed by atoms with van der Waals surface area (Å²) in [7, 11) is -3.78. The zero-order chi connectivity index (χ0) is 15.9. The van der Waals surface area contributed by atoms with Crippen LogP contribution in [0.2, 0.25) is 0 Å². The fourth-order valence-electron chi connectivity index (χ4n) is 2.43. The lowest BCUT2D eigenvalue weighted by Gasteiger charge is -2.22. The van der Waals surface area contributed by atoms with Crippen LogP contribution in [0.5, 0.6) is 0 Å². The van der Waals surface area contributed by atoms with Crippen LogP contribution in [-0.4, -0.2) is 20.9 Å². The third-order valence-electron chi connectivity index (χ3n) is 3.79. The maximum atomic E-state index is 12.9. The number of anilines is 2. The van der Waals surface area contributed by atoms with E-state index in [1.807, 2.05) is 19.9 Å². The van der Waals surface area contributed by atoms with Crippen LogP contribution in [0.4, 0.5) is 11.4 Å². The van der Waals surface area contributed by atoms with E-state index in [1.54, 1.807) is 30.3 Å². The van der Waals surface area contributed by atoms with E-state index in [4.69, 9.17) is 0 Å². The van der Waals surface area contributed by atoms with Crippen LogP contribution in [0.1, 0.15) is 11.1 Å². The van der Waals surface area contributed by atoms with Crippen LogP contribution in [-0.2, 0) is 14.8 Å². The summed E-state index contributed by atoms with van der Waals surface area (Å²) in [5, 5.41) is 2.64. The Morgan fingerprint density at radius 1 is 1.05 bits per heavy atom. The number of amides is 1. The van der Waals surface area contributed by atoms with Gasteiger partial charge in [-0.15, -0.1) is 0 Å². The Morgan fingerprint density at radius 2 is 1.77 bits per heavy atom. The van der Waals surface area contributed by atoms with E-state index < -0.39 is 10.0 Å². The third-order valence-corrected chi connectivity index (χ3v) is 5.63. The molecule has 0 saturated heterocycles.